The molecular weight excluding hydrogens is 441 g/mol. The number of hydrazine groups is 1. The van der Waals surface area contributed by atoms with Crippen molar-refractivity contribution in [2.75, 3.05) is 24.0 Å². The summed E-state index contributed by atoms with van der Waals surface area (Å²) in [5.41, 5.74) is 3.59. The zero-order valence-corrected chi connectivity index (χ0v) is 18.1. The van der Waals surface area contributed by atoms with Crippen molar-refractivity contribution < 1.29 is 28.2 Å². The summed E-state index contributed by atoms with van der Waals surface area (Å²) in [7, 11) is 1.43. The van der Waals surface area contributed by atoms with Crippen LogP contribution in [0, 0.1) is 5.82 Å². The third-order valence-corrected chi connectivity index (χ3v) is 4.89. The van der Waals surface area contributed by atoms with Crippen LogP contribution in [0.3, 0.4) is 0 Å². The Morgan fingerprint density at radius 1 is 1.06 bits per heavy atom. The minimum absolute atomic E-state index is 0.105. The predicted octanol–water partition coefficient (Wildman–Crippen LogP) is 3.31. The number of amides is 3. The van der Waals surface area contributed by atoms with Crippen LogP contribution in [0.15, 0.2) is 78.4 Å². The summed E-state index contributed by atoms with van der Waals surface area (Å²) in [5, 5.41) is 3.69. The molecule has 3 amide bonds. The van der Waals surface area contributed by atoms with Gasteiger partial charge in [-0.3, -0.25) is 19.8 Å². The Bertz CT molecular complexity index is 1280. The third kappa shape index (κ3) is 4.88. The van der Waals surface area contributed by atoms with E-state index in [0.717, 1.165) is 5.01 Å². The van der Waals surface area contributed by atoms with Crippen molar-refractivity contribution in [3.63, 3.8) is 0 Å². The molecule has 8 nitrogen and oxygen atoms in total. The number of hydrogen-bond acceptors (Lipinski definition) is 5. The molecule has 0 saturated carbocycles. The van der Waals surface area contributed by atoms with Crippen LogP contribution in [-0.4, -0.2) is 31.4 Å². The van der Waals surface area contributed by atoms with Crippen molar-refractivity contribution in [1.29, 1.82) is 0 Å². The smallest absolute Gasteiger partial charge is 0.282 e. The molecule has 172 valence electrons. The van der Waals surface area contributed by atoms with Gasteiger partial charge in [0.1, 0.15) is 11.4 Å². The van der Waals surface area contributed by atoms with Crippen LogP contribution in [0.2, 0.25) is 0 Å². The summed E-state index contributed by atoms with van der Waals surface area (Å²) < 4.78 is 24.4. The topological polar surface area (TPSA) is 97.0 Å². The van der Waals surface area contributed by atoms with Crippen LogP contribution in [0.1, 0.15) is 5.56 Å². The molecule has 0 bridgehead atoms. The van der Waals surface area contributed by atoms with Gasteiger partial charge < -0.3 is 14.8 Å². The normalized spacial score (nSPS) is 14.2. The maximum absolute atomic E-state index is 13.3. The highest BCUT2D eigenvalue weighted by atomic mass is 19.1. The van der Waals surface area contributed by atoms with E-state index in [9.17, 15) is 18.8 Å². The number of halogens is 1. The first-order valence-electron chi connectivity index (χ1n) is 10.2. The summed E-state index contributed by atoms with van der Waals surface area (Å²) in [5.74, 6) is -1.65. The second kappa shape index (κ2) is 9.86. The number of anilines is 2. The molecule has 1 heterocycles. The molecule has 3 aromatic rings. The molecule has 1 aliphatic rings. The van der Waals surface area contributed by atoms with Gasteiger partial charge in [-0.25, -0.2) is 9.40 Å². The summed E-state index contributed by atoms with van der Waals surface area (Å²) in [6.45, 7) is -0.413. The van der Waals surface area contributed by atoms with Gasteiger partial charge in [0, 0.05) is 11.3 Å². The first kappa shape index (κ1) is 22.5. The highest BCUT2D eigenvalue weighted by Gasteiger charge is 2.34. The monoisotopic (exact) mass is 461 g/mol. The molecule has 4 rings (SSSR count). The van der Waals surface area contributed by atoms with Crippen molar-refractivity contribution in [1.82, 2.24) is 5.43 Å². The minimum Gasteiger partial charge on any atom is -0.493 e. The van der Waals surface area contributed by atoms with E-state index in [-0.39, 0.29) is 17.0 Å². The van der Waals surface area contributed by atoms with E-state index >= 15 is 0 Å². The number of nitrogens with zero attached hydrogens (tertiary/aromatic N) is 1. The number of methoxy groups -OCH3 is 1. The molecule has 1 saturated heterocycles. The minimum atomic E-state index is -0.577. The lowest BCUT2D eigenvalue weighted by Crippen LogP contribution is -2.35. The van der Waals surface area contributed by atoms with E-state index in [0.29, 0.717) is 17.0 Å². The Kier molecular flexibility index (Phi) is 6.54. The van der Waals surface area contributed by atoms with Crippen LogP contribution in [0.4, 0.5) is 15.8 Å². The molecule has 2 N–H and O–H groups in total. The number of para-hydroxylation sites is 2. The largest absolute Gasteiger partial charge is 0.493 e. The Morgan fingerprint density at radius 2 is 1.82 bits per heavy atom. The average Bonchev–Trinajstić information content (AvgIpc) is 3.12. The first-order chi connectivity index (χ1) is 16.5. The molecule has 34 heavy (non-hydrogen) atoms. The second-order valence-corrected chi connectivity index (χ2v) is 7.20. The number of nitrogens with one attached hydrogen (secondary N) is 2. The molecule has 0 unspecified atom stereocenters. The van der Waals surface area contributed by atoms with Crippen LogP contribution >= 0.6 is 0 Å². The summed E-state index contributed by atoms with van der Waals surface area (Å²) in [4.78, 5) is 37.7. The number of rotatable bonds is 7. The van der Waals surface area contributed by atoms with Gasteiger partial charge in [-0.1, -0.05) is 36.4 Å². The fraction of sp³-hybridized carbons (Fsp3) is 0.0800. The SMILES string of the molecule is COc1cccc(/C=C2\C(=O)NN(c3ccccc3)C2=O)c1OCC(=O)Nc1cccc(F)c1. The van der Waals surface area contributed by atoms with Gasteiger partial charge in [-0.05, 0) is 42.5 Å². The molecule has 0 spiro atoms. The standard InChI is InChI=1S/C25H20FN3O5/c1-33-21-12-5-7-16(23(21)34-15-22(30)27-18-9-6-8-17(26)14-18)13-20-24(31)28-29(25(20)32)19-10-3-2-4-11-19/h2-14H,15H2,1H3,(H,27,30)(H,28,31)/b20-13+. The summed E-state index contributed by atoms with van der Waals surface area (Å²) in [6, 6.07) is 19.1. The predicted molar refractivity (Wildman–Crippen MR) is 124 cm³/mol. The molecule has 1 aliphatic heterocycles. The van der Waals surface area contributed by atoms with Crippen LogP contribution in [0.25, 0.3) is 6.08 Å². The lowest BCUT2D eigenvalue weighted by molar-refractivity contribution is -0.118. The highest BCUT2D eigenvalue weighted by molar-refractivity contribution is 6.31. The molecule has 0 atom stereocenters. The lowest BCUT2D eigenvalue weighted by Gasteiger charge is -2.14. The van der Waals surface area contributed by atoms with Gasteiger partial charge in [0.05, 0.1) is 12.8 Å². The molecule has 3 aromatic carbocycles. The fourth-order valence-electron chi connectivity index (χ4n) is 3.33. The summed E-state index contributed by atoms with van der Waals surface area (Å²) >= 11 is 0. The Labute approximate surface area is 194 Å². The molecule has 0 aromatic heterocycles. The van der Waals surface area contributed by atoms with E-state index in [1.807, 2.05) is 0 Å². The van der Waals surface area contributed by atoms with E-state index in [2.05, 4.69) is 10.7 Å². The quantitative estimate of drug-likeness (QED) is 0.416. The lowest BCUT2D eigenvalue weighted by atomic mass is 10.1. The van der Waals surface area contributed by atoms with Crippen LogP contribution < -0.4 is 25.2 Å². The molecule has 0 aliphatic carbocycles. The fourth-order valence-corrected chi connectivity index (χ4v) is 3.33. The van der Waals surface area contributed by atoms with E-state index < -0.39 is 30.1 Å². The van der Waals surface area contributed by atoms with Gasteiger partial charge in [-0.15, -0.1) is 0 Å². The maximum atomic E-state index is 13.3. The Morgan fingerprint density at radius 3 is 2.56 bits per heavy atom. The molecular formula is C25H20FN3O5. The number of hydrogen-bond donors (Lipinski definition) is 2. The van der Waals surface area contributed by atoms with Crippen molar-refractivity contribution in [2.24, 2.45) is 0 Å². The number of carbonyl (C=O) groups excluding carboxylic acids is 3. The van der Waals surface area contributed by atoms with Gasteiger partial charge in [0.2, 0.25) is 0 Å². The van der Waals surface area contributed by atoms with E-state index in [4.69, 9.17) is 9.47 Å². The highest BCUT2D eigenvalue weighted by Crippen LogP contribution is 2.33. The van der Waals surface area contributed by atoms with Gasteiger partial charge in [0.25, 0.3) is 17.7 Å². The Hall–Kier alpha value is -4.66. The second-order valence-electron chi connectivity index (χ2n) is 7.20. The van der Waals surface area contributed by atoms with Gasteiger partial charge in [0.15, 0.2) is 18.1 Å². The molecule has 0 radical (unpaired) electrons. The van der Waals surface area contributed by atoms with Gasteiger partial charge in [-0.2, -0.15) is 0 Å². The maximum Gasteiger partial charge on any atom is 0.282 e. The Balaban J connectivity index is 1.56. The molecule has 9 heteroatoms. The zero-order chi connectivity index (χ0) is 24.1. The third-order valence-electron chi connectivity index (χ3n) is 4.89. The van der Waals surface area contributed by atoms with Crippen LogP contribution in [-0.2, 0) is 14.4 Å². The van der Waals surface area contributed by atoms with E-state index in [1.54, 1.807) is 54.6 Å². The average molecular weight is 461 g/mol. The first-order valence-corrected chi connectivity index (χ1v) is 10.2. The number of benzene rings is 3. The number of ether oxygens (including phenoxy) is 2. The van der Waals surface area contributed by atoms with Gasteiger partial charge >= 0.3 is 0 Å². The zero-order valence-electron chi connectivity index (χ0n) is 18.1. The molecule has 1 fully saturated rings. The van der Waals surface area contributed by atoms with Crippen molar-refractivity contribution in [3.05, 3.63) is 89.8 Å². The van der Waals surface area contributed by atoms with Crippen molar-refractivity contribution in [2.45, 2.75) is 0 Å². The van der Waals surface area contributed by atoms with Crippen molar-refractivity contribution >= 4 is 35.2 Å². The van der Waals surface area contributed by atoms with E-state index in [1.165, 1.54) is 31.4 Å². The number of carbonyl (C=O) groups is 3. The van der Waals surface area contributed by atoms with Crippen LogP contribution in [0.5, 0.6) is 11.5 Å². The van der Waals surface area contributed by atoms with Crippen molar-refractivity contribution in [3.8, 4) is 11.5 Å². The summed E-state index contributed by atoms with van der Waals surface area (Å²) in [6.07, 6.45) is 1.38.